The highest BCUT2D eigenvalue weighted by atomic mass is 79.9. The molecule has 0 radical (unpaired) electrons. The summed E-state index contributed by atoms with van der Waals surface area (Å²) in [6, 6.07) is 12.5. The lowest BCUT2D eigenvalue weighted by Gasteiger charge is -2.08. The van der Waals surface area contributed by atoms with Crippen LogP contribution in [0.25, 0.3) is 0 Å². The number of hydrogen-bond acceptors (Lipinski definition) is 2. The summed E-state index contributed by atoms with van der Waals surface area (Å²) < 4.78 is 0.759. The molecule has 4 nitrogen and oxygen atoms in total. The quantitative estimate of drug-likeness (QED) is 0.883. The Hall–Kier alpha value is -2.14. The number of aryl methyl sites for hydroxylation is 1. The van der Waals surface area contributed by atoms with Gasteiger partial charge in [-0.25, -0.2) is 0 Å². The molecular formula is C16H15BrN2O2. The maximum absolute atomic E-state index is 12.2. The smallest absolute Gasteiger partial charge is 0.256 e. The van der Waals surface area contributed by atoms with Crippen molar-refractivity contribution in [1.82, 2.24) is 0 Å². The molecule has 21 heavy (non-hydrogen) atoms. The van der Waals surface area contributed by atoms with E-state index in [0.29, 0.717) is 16.9 Å². The van der Waals surface area contributed by atoms with E-state index in [0.717, 1.165) is 10.0 Å². The van der Waals surface area contributed by atoms with Crippen molar-refractivity contribution in [2.24, 2.45) is 0 Å². The number of anilines is 2. The highest BCUT2D eigenvalue weighted by Gasteiger charge is 2.10. The Morgan fingerprint density at radius 1 is 0.952 bits per heavy atom. The average Bonchev–Trinajstić information content (AvgIpc) is 2.40. The fraction of sp³-hybridized carbons (Fsp3) is 0.125. The third-order valence-corrected chi connectivity index (χ3v) is 3.49. The van der Waals surface area contributed by atoms with Gasteiger partial charge in [-0.2, -0.15) is 0 Å². The topological polar surface area (TPSA) is 58.2 Å². The first kappa shape index (κ1) is 15.3. The number of nitrogens with one attached hydrogen (secondary N) is 2. The molecule has 0 unspecified atom stereocenters. The Bertz CT molecular complexity index is 681. The summed E-state index contributed by atoms with van der Waals surface area (Å²) in [6.45, 7) is 3.41. The summed E-state index contributed by atoms with van der Waals surface area (Å²) in [5, 5.41) is 5.49. The van der Waals surface area contributed by atoms with Crippen LogP contribution in [0, 0.1) is 6.92 Å². The van der Waals surface area contributed by atoms with Gasteiger partial charge in [0, 0.05) is 22.8 Å². The van der Waals surface area contributed by atoms with E-state index >= 15 is 0 Å². The van der Waals surface area contributed by atoms with Crippen LogP contribution in [0.1, 0.15) is 22.8 Å². The normalized spacial score (nSPS) is 10.0. The molecule has 0 saturated heterocycles. The molecule has 2 aromatic carbocycles. The van der Waals surface area contributed by atoms with E-state index < -0.39 is 0 Å². The molecule has 0 heterocycles. The highest BCUT2D eigenvalue weighted by molar-refractivity contribution is 9.10. The standard InChI is InChI=1S/C16H15BrN2O2/c1-10-3-8-14(15(17)9-10)16(21)19-13-6-4-12(5-7-13)18-11(2)20/h3-9H,1-2H3,(H,18,20)(H,19,21). The second kappa shape index (κ2) is 6.54. The molecule has 0 aliphatic carbocycles. The minimum absolute atomic E-state index is 0.129. The molecule has 0 bridgehead atoms. The molecule has 108 valence electrons. The van der Waals surface area contributed by atoms with Crippen LogP contribution in [-0.4, -0.2) is 11.8 Å². The van der Waals surface area contributed by atoms with Gasteiger partial charge in [-0.1, -0.05) is 6.07 Å². The lowest BCUT2D eigenvalue weighted by Crippen LogP contribution is -2.12. The Morgan fingerprint density at radius 2 is 1.52 bits per heavy atom. The second-order valence-electron chi connectivity index (χ2n) is 4.70. The zero-order chi connectivity index (χ0) is 15.4. The van der Waals surface area contributed by atoms with Gasteiger partial charge in [-0.3, -0.25) is 9.59 Å². The number of halogens is 1. The summed E-state index contributed by atoms with van der Waals surface area (Å²) in [5.41, 5.74) is 3.02. The summed E-state index contributed by atoms with van der Waals surface area (Å²) >= 11 is 3.39. The fourth-order valence-electron chi connectivity index (χ4n) is 1.84. The van der Waals surface area contributed by atoms with E-state index in [-0.39, 0.29) is 11.8 Å². The summed E-state index contributed by atoms with van der Waals surface area (Å²) in [6.07, 6.45) is 0. The van der Waals surface area contributed by atoms with Gasteiger partial charge in [-0.15, -0.1) is 0 Å². The number of amides is 2. The first-order valence-electron chi connectivity index (χ1n) is 6.41. The zero-order valence-electron chi connectivity index (χ0n) is 11.7. The van der Waals surface area contributed by atoms with E-state index in [2.05, 4.69) is 26.6 Å². The Kier molecular flexibility index (Phi) is 4.75. The number of rotatable bonds is 3. The largest absolute Gasteiger partial charge is 0.326 e. The molecular weight excluding hydrogens is 332 g/mol. The van der Waals surface area contributed by atoms with E-state index in [1.165, 1.54) is 6.92 Å². The van der Waals surface area contributed by atoms with Gasteiger partial charge in [0.2, 0.25) is 5.91 Å². The van der Waals surface area contributed by atoms with Crippen LogP contribution < -0.4 is 10.6 Å². The highest BCUT2D eigenvalue weighted by Crippen LogP contribution is 2.20. The predicted molar refractivity (Wildman–Crippen MR) is 87.6 cm³/mol. The van der Waals surface area contributed by atoms with Crippen molar-refractivity contribution in [3.63, 3.8) is 0 Å². The third kappa shape index (κ3) is 4.16. The van der Waals surface area contributed by atoms with E-state index in [1.54, 1.807) is 30.3 Å². The summed E-state index contributed by atoms with van der Waals surface area (Å²) in [7, 11) is 0. The maximum atomic E-state index is 12.2. The Morgan fingerprint density at radius 3 is 2.05 bits per heavy atom. The first-order chi connectivity index (χ1) is 9.95. The van der Waals surface area contributed by atoms with Gasteiger partial charge >= 0.3 is 0 Å². The van der Waals surface area contributed by atoms with Crippen molar-refractivity contribution in [3.8, 4) is 0 Å². The molecule has 5 heteroatoms. The number of hydrogen-bond donors (Lipinski definition) is 2. The van der Waals surface area contributed by atoms with E-state index in [1.807, 2.05) is 19.1 Å². The van der Waals surface area contributed by atoms with Gasteiger partial charge in [0.1, 0.15) is 0 Å². The molecule has 0 saturated carbocycles. The average molecular weight is 347 g/mol. The third-order valence-electron chi connectivity index (χ3n) is 2.83. The van der Waals surface area contributed by atoms with Crippen molar-refractivity contribution in [2.75, 3.05) is 10.6 Å². The van der Waals surface area contributed by atoms with Gasteiger partial charge in [0.05, 0.1) is 5.56 Å². The Labute approximate surface area is 131 Å². The van der Waals surface area contributed by atoms with Crippen LogP contribution in [0.4, 0.5) is 11.4 Å². The number of carbonyl (C=O) groups is 2. The summed E-state index contributed by atoms with van der Waals surface area (Å²) in [5.74, 6) is -0.315. The van der Waals surface area contributed by atoms with Gasteiger partial charge in [0.15, 0.2) is 0 Å². The summed E-state index contributed by atoms with van der Waals surface area (Å²) in [4.78, 5) is 23.1. The SMILES string of the molecule is CC(=O)Nc1ccc(NC(=O)c2ccc(C)cc2Br)cc1. The van der Waals surface area contributed by atoms with E-state index in [9.17, 15) is 9.59 Å². The fourth-order valence-corrected chi connectivity index (χ4v) is 2.52. The van der Waals surface area contributed by atoms with Crippen molar-refractivity contribution < 1.29 is 9.59 Å². The molecule has 2 aromatic rings. The molecule has 2 amide bonds. The molecule has 0 aliphatic heterocycles. The molecule has 2 rings (SSSR count). The van der Waals surface area contributed by atoms with Gasteiger partial charge < -0.3 is 10.6 Å². The number of carbonyl (C=O) groups excluding carboxylic acids is 2. The zero-order valence-corrected chi connectivity index (χ0v) is 13.3. The van der Waals surface area contributed by atoms with Crippen LogP contribution in [0.3, 0.4) is 0 Å². The van der Waals surface area contributed by atoms with Crippen molar-refractivity contribution in [1.29, 1.82) is 0 Å². The van der Waals surface area contributed by atoms with Crippen molar-refractivity contribution in [3.05, 3.63) is 58.1 Å². The predicted octanol–water partition coefficient (Wildman–Crippen LogP) is 3.97. The minimum atomic E-state index is -0.186. The van der Waals surface area contributed by atoms with Crippen LogP contribution in [-0.2, 0) is 4.79 Å². The molecule has 0 aliphatic rings. The van der Waals surface area contributed by atoms with Crippen LogP contribution >= 0.6 is 15.9 Å². The van der Waals surface area contributed by atoms with E-state index in [4.69, 9.17) is 0 Å². The van der Waals surface area contributed by atoms with Crippen LogP contribution in [0.5, 0.6) is 0 Å². The monoisotopic (exact) mass is 346 g/mol. The number of benzene rings is 2. The molecule has 0 spiro atoms. The molecule has 0 atom stereocenters. The second-order valence-corrected chi connectivity index (χ2v) is 5.55. The first-order valence-corrected chi connectivity index (χ1v) is 7.20. The van der Waals surface area contributed by atoms with Crippen molar-refractivity contribution in [2.45, 2.75) is 13.8 Å². The molecule has 0 fully saturated rings. The molecule has 0 aromatic heterocycles. The lowest BCUT2D eigenvalue weighted by atomic mass is 10.1. The van der Waals surface area contributed by atoms with Gasteiger partial charge in [-0.05, 0) is 64.8 Å². The Balaban J connectivity index is 2.10. The van der Waals surface area contributed by atoms with Crippen LogP contribution in [0.15, 0.2) is 46.9 Å². The molecule has 2 N–H and O–H groups in total. The van der Waals surface area contributed by atoms with Crippen LogP contribution in [0.2, 0.25) is 0 Å². The van der Waals surface area contributed by atoms with Gasteiger partial charge in [0.25, 0.3) is 5.91 Å². The van der Waals surface area contributed by atoms with Crippen molar-refractivity contribution >= 4 is 39.1 Å². The minimum Gasteiger partial charge on any atom is -0.326 e. The maximum Gasteiger partial charge on any atom is 0.256 e. The lowest BCUT2D eigenvalue weighted by molar-refractivity contribution is -0.114.